The highest BCUT2D eigenvalue weighted by atomic mass is 19.1. The molecule has 1 aromatic heterocycles. The van der Waals surface area contributed by atoms with E-state index in [1.165, 1.54) is 16.9 Å². The Balaban J connectivity index is 1.68. The van der Waals surface area contributed by atoms with E-state index >= 15 is 0 Å². The number of aromatic nitrogens is 3. The third-order valence-corrected chi connectivity index (χ3v) is 4.90. The van der Waals surface area contributed by atoms with Crippen molar-refractivity contribution in [3.63, 3.8) is 0 Å². The van der Waals surface area contributed by atoms with E-state index in [0.29, 0.717) is 17.8 Å². The third-order valence-electron chi connectivity index (χ3n) is 4.90. The van der Waals surface area contributed by atoms with E-state index in [0.717, 1.165) is 19.3 Å². The molecule has 0 atom stereocenters. The molecule has 24 heavy (non-hydrogen) atoms. The Morgan fingerprint density at radius 1 is 1.33 bits per heavy atom. The fourth-order valence-corrected chi connectivity index (χ4v) is 3.69. The highest BCUT2D eigenvalue weighted by Gasteiger charge is 2.50. The van der Waals surface area contributed by atoms with Crippen molar-refractivity contribution < 1.29 is 14.0 Å². The maximum Gasteiger partial charge on any atom is 0.280 e. The number of carbonyl (C=O) groups excluding carboxylic acids is 2. The Morgan fingerprint density at radius 2 is 2.12 bits per heavy atom. The van der Waals surface area contributed by atoms with Crippen molar-refractivity contribution in [3.8, 4) is 0 Å². The Bertz CT molecular complexity index is 843. The number of carbonyl (C=O) groups is 2. The predicted octanol–water partition coefficient (Wildman–Crippen LogP) is 0.985. The molecule has 0 radical (unpaired) electrons. The molecule has 2 amide bonds. The van der Waals surface area contributed by atoms with E-state index in [1.807, 2.05) is 0 Å². The second kappa shape index (κ2) is 5.12. The molecule has 1 spiro atoms. The number of hydrogen-bond donors (Lipinski definition) is 1. The van der Waals surface area contributed by atoms with Gasteiger partial charge in [0.05, 0.1) is 11.9 Å². The van der Waals surface area contributed by atoms with Crippen LogP contribution in [0.1, 0.15) is 35.3 Å². The van der Waals surface area contributed by atoms with Gasteiger partial charge in [-0.3, -0.25) is 9.59 Å². The zero-order valence-electron chi connectivity index (χ0n) is 12.9. The molecule has 7 nitrogen and oxygen atoms in total. The molecule has 0 saturated heterocycles. The van der Waals surface area contributed by atoms with Gasteiger partial charge < -0.3 is 10.6 Å². The fourth-order valence-electron chi connectivity index (χ4n) is 3.69. The Labute approximate surface area is 137 Å². The average Bonchev–Trinajstić information content (AvgIpc) is 3.08. The summed E-state index contributed by atoms with van der Waals surface area (Å²) in [5.74, 6) is -1.18. The summed E-state index contributed by atoms with van der Waals surface area (Å²) < 4.78 is 15.6. The summed E-state index contributed by atoms with van der Waals surface area (Å²) in [5.41, 5.74) is 6.18. The molecule has 2 aliphatic rings. The molecule has 2 heterocycles. The molecule has 2 aromatic rings. The van der Waals surface area contributed by atoms with Crippen LogP contribution in [-0.2, 0) is 16.8 Å². The topological polar surface area (TPSA) is 94.1 Å². The molecule has 0 bridgehead atoms. The monoisotopic (exact) mass is 329 g/mol. The van der Waals surface area contributed by atoms with Gasteiger partial charge in [-0.1, -0.05) is 17.7 Å². The van der Waals surface area contributed by atoms with E-state index in [-0.39, 0.29) is 29.4 Å². The molecule has 1 aliphatic heterocycles. The van der Waals surface area contributed by atoms with Crippen LogP contribution >= 0.6 is 0 Å². The second-order valence-corrected chi connectivity index (χ2v) is 6.43. The minimum absolute atomic E-state index is 0.114. The SMILES string of the molecule is NC(=O)Cn1cc(C(=O)N2CC3(CCC3)c3c(F)cccc32)nn1. The van der Waals surface area contributed by atoms with Crippen molar-refractivity contribution in [2.75, 3.05) is 11.4 Å². The van der Waals surface area contributed by atoms with Gasteiger partial charge in [0.1, 0.15) is 12.4 Å². The van der Waals surface area contributed by atoms with Crippen LogP contribution in [0.25, 0.3) is 0 Å². The first kappa shape index (κ1) is 14.8. The maximum atomic E-state index is 14.4. The molecule has 8 heteroatoms. The first-order chi connectivity index (χ1) is 11.5. The number of halogens is 1. The van der Waals surface area contributed by atoms with E-state index in [9.17, 15) is 14.0 Å². The molecule has 1 aliphatic carbocycles. The lowest BCUT2D eigenvalue weighted by Gasteiger charge is -2.38. The lowest BCUT2D eigenvalue weighted by Crippen LogP contribution is -2.41. The molecule has 2 N–H and O–H groups in total. The van der Waals surface area contributed by atoms with Crippen LogP contribution in [0.4, 0.5) is 10.1 Å². The van der Waals surface area contributed by atoms with Crippen molar-refractivity contribution >= 4 is 17.5 Å². The van der Waals surface area contributed by atoms with Gasteiger partial charge >= 0.3 is 0 Å². The molecule has 0 unspecified atom stereocenters. The van der Waals surface area contributed by atoms with Crippen LogP contribution in [0.15, 0.2) is 24.4 Å². The van der Waals surface area contributed by atoms with E-state index in [2.05, 4.69) is 10.3 Å². The van der Waals surface area contributed by atoms with Crippen LogP contribution in [0.2, 0.25) is 0 Å². The smallest absolute Gasteiger partial charge is 0.280 e. The highest BCUT2D eigenvalue weighted by molar-refractivity contribution is 6.06. The largest absolute Gasteiger partial charge is 0.368 e. The molecule has 1 aromatic carbocycles. The average molecular weight is 329 g/mol. The summed E-state index contributed by atoms with van der Waals surface area (Å²) in [6, 6.07) is 4.81. The van der Waals surface area contributed by atoms with Gasteiger partial charge in [0.25, 0.3) is 5.91 Å². The van der Waals surface area contributed by atoms with Gasteiger partial charge in [0, 0.05) is 17.5 Å². The predicted molar refractivity (Wildman–Crippen MR) is 82.8 cm³/mol. The first-order valence-electron chi connectivity index (χ1n) is 7.79. The number of amides is 2. The number of hydrogen-bond acceptors (Lipinski definition) is 4. The summed E-state index contributed by atoms with van der Waals surface area (Å²) >= 11 is 0. The molecule has 124 valence electrons. The molecular formula is C16H16FN5O2. The highest BCUT2D eigenvalue weighted by Crippen LogP contribution is 2.53. The number of benzene rings is 1. The maximum absolute atomic E-state index is 14.4. The van der Waals surface area contributed by atoms with Crippen molar-refractivity contribution in [1.29, 1.82) is 0 Å². The lowest BCUT2D eigenvalue weighted by atomic mass is 9.65. The lowest BCUT2D eigenvalue weighted by molar-refractivity contribution is -0.118. The third kappa shape index (κ3) is 2.10. The van der Waals surface area contributed by atoms with Gasteiger partial charge in [0.2, 0.25) is 5.91 Å². The quantitative estimate of drug-likeness (QED) is 0.908. The van der Waals surface area contributed by atoms with Gasteiger partial charge in [-0.25, -0.2) is 9.07 Å². The van der Waals surface area contributed by atoms with Gasteiger partial charge in [-0.05, 0) is 25.0 Å². The van der Waals surface area contributed by atoms with Gasteiger partial charge in [-0.15, -0.1) is 5.10 Å². The van der Waals surface area contributed by atoms with Crippen molar-refractivity contribution in [2.45, 2.75) is 31.2 Å². The van der Waals surface area contributed by atoms with Gasteiger partial charge in [0.15, 0.2) is 5.69 Å². The number of rotatable bonds is 3. The molecule has 1 fully saturated rings. The van der Waals surface area contributed by atoms with E-state index < -0.39 is 5.91 Å². The molecule has 1 saturated carbocycles. The molecule has 4 rings (SSSR count). The second-order valence-electron chi connectivity index (χ2n) is 6.43. The Morgan fingerprint density at radius 3 is 2.79 bits per heavy atom. The Hall–Kier alpha value is -2.77. The summed E-state index contributed by atoms with van der Waals surface area (Å²) in [4.78, 5) is 25.3. The summed E-state index contributed by atoms with van der Waals surface area (Å²) in [6.07, 6.45) is 4.17. The number of primary amides is 1. The van der Waals surface area contributed by atoms with Crippen LogP contribution in [-0.4, -0.2) is 33.4 Å². The van der Waals surface area contributed by atoms with Crippen LogP contribution in [0, 0.1) is 5.82 Å². The van der Waals surface area contributed by atoms with Gasteiger partial charge in [-0.2, -0.15) is 0 Å². The Kier molecular flexibility index (Phi) is 3.16. The zero-order chi connectivity index (χ0) is 16.9. The number of fused-ring (bicyclic) bond motifs is 2. The summed E-state index contributed by atoms with van der Waals surface area (Å²) in [6.45, 7) is 0.306. The van der Waals surface area contributed by atoms with Crippen molar-refractivity contribution in [3.05, 3.63) is 41.5 Å². The minimum Gasteiger partial charge on any atom is -0.368 e. The van der Waals surface area contributed by atoms with E-state index in [4.69, 9.17) is 5.73 Å². The zero-order valence-corrected chi connectivity index (χ0v) is 12.9. The standard InChI is InChI=1S/C16H16FN5O2/c17-10-3-1-4-12-14(10)16(5-2-6-16)9-22(12)15(24)11-7-21(20-19-11)8-13(18)23/h1,3-4,7H,2,5-6,8-9H2,(H2,18,23). The normalized spacial score (nSPS) is 17.6. The van der Waals surface area contributed by atoms with E-state index in [1.54, 1.807) is 17.0 Å². The van der Waals surface area contributed by atoms with Crippen LogP contribution in [0.3, 0.4) is 0 Å². The van der Waals surface area contributed by atoms with Crippen LogP contribution in [0.5, 0.6) is 0 Å². The number of nitrogens with two attached hydrogens (primary N) is 1. The first-order valence-corrected chi connectivity index (χ1v) is 7.79. The fraction of sp³-hybridized carbons (Fsp3) is 0.375. The summed E-state index contributed by atoms with van der Waals surface area (Å²) in [7, 11) is 0. The minimum atomic E-state index is -0.569. The number of nitrogens with zero attached hydrogens (tertiary/aromatic N) is 4. The van der Waals surface area contributed by atoms with Crippen LogP contribution < -0.4 is 10.6 Å². The molecular weight excluding hydrogens is 313 g/mol. The number of anilines is 1. The van der Waals surface area contributed by atoms with Crippen molar-refractivity contribution in [1.82, 2.24) is 15.0 Å². The summed E-state index contributed by atoms with van der Waals surface area (Å²) in [5, 5.41) is 7.56. The van der Waals surface area contributed by atoms with Crippen molar-refractivity contribution in [2.24, 2.45) is 5.73 Å².